The average Bonchev–Trinajstić information content (AvgIpc) is 2.66. The number of anilines is 2. The number of hydrogen-bond donors (Lipinski definition) is 0. The largest absolute Gasteiger partial charge is 0.372 e. The minimum atomic E-state index is 0.0890. The van der Waals surface area contributed by atoms with Gasteiger partial charge in [-0.1, -0.05) is 20.8 Å². The first kappa shape index (κ1) is 15.8. The van der Waals surface area contributed by atoms with Crippen molar-refractivity contribution in [3.05, 3.63) is 36.2 Å². The molecule has 0 unspecified atom stereocenters. The quantitative estimate of drug-likeness (QED) is 0.803. The van der Waals surface area contributed by atoms with Crippen LogP contribution in [0, 0.1) is 0 Å². The Balaban J connectivity index is 2.05. The summed E-state index contributed by atoms with van der Waals surface area (Å²) in [5.74, 6) is 1.06. The predicted molar refractivity (Wildman–Crippen MR) is 97.3 cm³/mol. The van der Waals surface area contributed by atoms with Gasteiger partial charge in [0.2, 0.25) is 0 Å². The van der Waals surface area contributed by atoms with Gasteiger partial charge in [-0.05, 0) is 35.6 Å². The van der Waals surface area contributed by atoms with Crippen LogP contribution in [0.4, 0.5) is 11.5 Å². The van der Waals surface area contributed by atoms with Crippen LogP contribution >= 0.6 is 0 Å². The van der Waals surface area contributed by atoms with Gasteiger partial charge in [0.1, 0.15) is 0 Å². The van der Waals surface area contributed by atoms with E-state index in [-0.39, 0.29) is 5.41 Å². The molecule has 3 heterocycles. The van der Waals surface area contributed by atoms with E-state index in [4.69, 9.17) is 4.98 Å². The van der Waals surface area contributed by atoms with E-state index in [0.29, 0.717) is 0 Å². The molecule has 4 nitrogen and oxygen atoms in total. The Morgan fingerprint density at radius 1 is 1.00 bits per heavy atom. The van der Waals surface area contributed by atoms with Gasteiger partial charge in [0.05, 0.1) is 11.4 Å². The lowest BCUT2D eigenvalue weighted by atomic mass is 9.87. The molecule has 1 aliphatic rings. The van der Waals surface area contributed by atoms with Crippen molar-refractivity contribution in [3.8, 4) is 11.3 Å². The molecule has 4 heteroatoms. The van der Waals surface area contributed by atoms with Gasteiger partial charge in [0, 0.05) is 45.1 Å². The summed E-state index contributed by atoms with van der Waals surface area (Å²) in [6.07, 6.45) is 5.01. The Bertz CT molecular complexity index is 703. The molecule has 0 aliphatic carbocycles. The van der Waals surface area contributed by atoms with Crippen LogP contribution in [0.15, 0.2) is 30.6 Å². The zero-order valence-electron chi connectivity index (χ0n) is 14.8. The second-order valence-electron chi connectivity index (χ2n) is 7.45. The monoisotopic (exact) mass is 310 g/mol. The van der Waals surface area contributed by atoms with Crippen LogP contribution in [0.5, 0.6) is 0 Å². The highest BCUT2D eigenvalue weighted by molar-refractivity contribution is 5.72. The van der Waals surface area contributed by atoms with Crippen LogP contribution in [0.3, 0.4) is 0 Å². The third kappa shape index (κ3) is 3.16. The fourth-order valence-electron chi connectivity index (χ4n) is 2.94. The summed E-state index contributed by atoms with van der Waals surface area (Å²) in [6.45, 7) is 8.73. The highest BCUT2D eigenvalue weighted by atomic mass is 15.2. The molecule has 0 saturated heterocycles. The van der Waals surface area contributed by atoms with E-state index >= 15 is 0 Å². The van der Waals surface area contributed by atoms with E-state index in [9.17, 15) is 0 Å². The van der Waals surface area contributed by atoms with Crippen molar-refractivity contribution >= 4 is 11.5 Å². The molecule has 0 aromatic carbocycles. The van der Waals surface area contributed by atoms with Gasteiger partial charge in [0.25, 0.3) is 0 Å². The molecular weight excluding hydrogens is 284 g/mol. The SMILES string of the molecule is CN1CCCN(C)c2nc(-c3cncc(C(C)(C)C)c3)ccc21. The Morgan fingerprint density at radius 3 is 2.48 bits per heavy atom. The maximum absolute atomic E-state index is 4.94. The van der Waals surface area contributed by atoms with Crippen molar-refractivity contribution in [2.24, 2.45) is 0 Å². The van der Waals surface area contributed by atoms with Gasteiger partial charge in [-0.2, -0.15) is 0 Å². The van der Waals surface area contributed by atoms with Crippen molar-refractivity contribution in [3.63, 3.8) is 0 Å². The van der Waals surface area contributed by atoms with Gasteiger partial charge < -0.3 is 9.80 Å². The average molecular weight is 310 g/mol. The topological polar surface area (TPSA) is 32.3 Å². The molecule has 2 aromatic heterocycles. The van der Waals surface area contributed by atoms with E-state index in [0.717, 1.165) is 36.6 Å². The summed E-state index contributed by atoms with van der Waals surface area (Å²) in [5.41, 5.74) is 4.60. The van der Waals surface area contributed by atoms with E-state index in [1.54, 1.807) is 0 Å². The van der Waals surface area contributed by atoms with E-state index in [1.807, 2.05) is 12.4 Å². The minimum Gasteiger partial charge on any atom is -0.372 e. The molecule has 2 aromatic rings. The maximum Gasteiger partial charge on any atom is 0.152 e. The number of hydrogen-bond acceptors (Lipinski definition) is 4. The molecule has 0 atom stereocenters. The second-order valence-corrected chi connectivity index (χ2v) is 7.45. The molecule has 122 valence electrons. The lowest BCUT2D eigenvalue weighted by Gasteiger charge is -2.22. The summed E-state index contributed by atoms with van der Waals surface area (Å²) < 4.78 is 0. The summed E-state index contributed by atoms with van der Waals surface area (Å²) in [4.78, 5) is 13.9. The van der Waals surface area contributed by atoms with Crippen LogP contribution in [0.1, 0.15) is 32.8 Å². The summed E-state index contributed by atoms with van der Waals surface area (Å²) in [5, 5.41) is 0. The van der Waals surface area contributed by atoms with Crippen LogP contribution in [-0.2, 0) is 5.41 Å². The van der Waals surface area contributed by atoms with Crippen LogP contribution in [0.2, 0.25) is 0 Å². The molecule has 0 fully saturated rings. The molecular formula is C19H26N4. The van der Waals surface area contributed by atoms with Crippen molar-refractivity contribution in [1.29, 1.82) is 0 Å². The van der Waals surface area contributed by atoms with Crippen molar-refractivity contribution in [2.75, 3.05) is 37.0 Å². The zero-order chi connectivity index (χ0) is 16.6. The van der Waals surface area contributed by atoms with Gasteiger partial charge in [-0.3, -0.25) is 4.98 Å². The smallest absolute Gasteiger partial charge is 0.152 e. The summed E-state index contributed by atoms with van der Waals surface area (Å²) >= 11 is 0. The summed E-state index contributed by atoms with van der Waals surface area (Å²) in [6, 6.07) is 6.50. The molecule has 0 N–H and O–H groups in total. The second kappa shape index (κ2) is 5.84. The Kier molecular flexibility index (Phi) is 4.00. The minimum absolute atomic E-state index is 0.0890. The van der Waals surface area contributed by atoms with Crippen LogP contribution in [0.25, 0.3) is 11.3 Å². The van der Waals surface area contributed by atoms with Gasteiger partial charge >= 0.3 is 0 Å². The highest BCUT2D eigenvalue weighted by Crippen LogP contribution is 2.32. The normalized spacial score (nSPS) is 15.3. The van der Waals surface area contributed by atoms with Crippen LogP contribution in [-0.4, -0.2) is 37.2 Å². The Hall–Kier alpha value is -2.10. The number of pyridine rings is 2. The molecule has 0 spiro atoms. The maximum atomic E-state index is 4.94. The van der Waals surface area contributed by atoms with Gasteiger partial charge in [0.15, 0.2) is 5.82 Å². The number of aromatic nitrogens is 2. The lowest BCUT2D eigenvalue weighted by molar-refractivity contribution is 0.587. The summed E-state index contributed by atoms with van der Waals surface area (Å²) in [7, 11) is 4.26. The van der Waals surface area contributed by atoms with E-state index in [2.05, 4.69) is 67.8 Å². The number of fused-ring (bicyclic) bond motifs is 1. The Morgan fingerprint density at radius 2 is 1.74 bits per heavy atom. The van der Waals surface area contributed by atoms with Gasteiger partial charge in [-0.25, -0.2) is 4.98 Å². The molecule has 0 saturated carbocycles. The highest BCUT2D eigenvalue weighted by Gasteiger charge is 2.19. The molecule has 23 heavy (non-hydrogen) atoms. The Labute approximate surface area is 139 Å². The van der Waals surface area contributed by atoms with Crippen LogP contribution < -0.4 is 9.80 Å². The molecule has 3 rings (SSSR count). The molecule has 0 bridgehead atoms. The van der Waals surface area contributed by atoms with Crippen molar-refractivity contribution < 1.29 is 0 Å². The fraction of sp³-hybridized carbons (Fsp3) is 0.474. The van der Waals surface area contributed by atoms with Gasteiger partial charge in [-0.15, -0.1) is 0 Å². The zero-order valence-corrected chi connectivity index (χ0v) is 14.8. The standard InChI is InChI=1S/C19H26N4/c1-19(2,3)15-11-14(12-20-13-15)16-7-8-17-18(21-16)23(5)10-6-9-22(17)4/h7-8,11-13H,6,9-10H2,1-5H3. The third-order valence-corrected chi connectivity index (χ3v) is 4.51. The first-order valence-electron chi connectivity index (χ1n) is 8.25. The fourth-order valence-corrected chi connectivity index (χ4v) is 2.94. The lowest BCUT2D eigenvalue weighted by Crippen LogP contribution is -2.18. The van der Waals surface area contributed by atoms with E-state index in [1.165, 1.54) is 11.3 Å². The predicted octanol–water partition coefficient (Wildman–Crippen LogP) is 3.72. The number of rotatable bonds is 1. The first-order valence-corrected chi connectivity index (χ1v) is 8.25. The first-order chi connectivity index (χ1) is 10.9. The third-order valence-electron chi connectivity index (χ3n) is 4.51. The van der Waals surface area contributed by atoms with Crippen molar-refractivity contribution in [2.45, 2.75) is 32.6 Å². The number of nitrogens with zero attached hydrogens (tertiary/aromatic N) is 4. The molecule has 0 amide bonds. The van der Waals surface area contributed by atoms with Crippen molar-refractivity contribution in [1.82, 2.24) is 9.97 Å². The molecule has 1 aliphatic heterocycles. The molecule has 0 radical (unpaired) electrons. The van der Waals surface area contributed by atoms with E-state index < -0.39 is 0 Å².